The lowest BCUT2D eigenvalue weighted by Crippen LogP contribution is -2.36. The average molecular weight is 528 g/mol. The van der Waals surface area contributed by atoms with Gasteiger partial charge in [0.25, 0.3) is 5.91 Å². The number of amides is 1. The fourth-order valence-electron chi connectivity index (χ4n) is 3.91. The van der Waals surface area contributed by atoms with E-state index >= 15 is 0 Å². The van der Waals surface area contributed by atoms with Crippen molar-refractivity contribution >= 4 is 26.8 Å². The first-order chi connectivity index (χ1) is 17.5. The first-order valence-electron chi connectivity index (χ1n) is 11.4. The second-order valence-corrected chi connectivity index (χ2v) is 10.3. The lowest BCUT2D eigenvalue weighted by Gasteiger charge is -2.27. The van der Waals surface area contributed by atoms with E-state index in [1.54, 1.807) is 23.1 Å². The van der Waals surface area contributed by atoms with Crippen LogP contribution in [0.4, 0.5) is 13.2 Å². The summed E-state index contributed by atoms with van der Waals surface area (Å²) in [6.45, 7) is 4.07. The number of halogens is 3. The summed E-state index contributed by atoms with van der Waals surface area (Å²) in [5.41, 5.74) is 0.224. The summed E-state index contributed by atoms with van der Waals surface area (Å²) in [6, 6.07) is 22.5. The van der Waals surface area contributed by atoms with Crippen molar-refractivity contribution in [1.82, 2.24) is 4.90 Å². The zero-order valence-corrected chi connectivity index (χ0v) is 20.9. The molecule has 0 saturated heterocycles. The lowest BCUT2D eigenvalue weighted by molar-refractivity contribution is -0.137. The molecule has 0 aliphatic rings. The number of hydrogen-bond donors (Lipinski definition) is 0. The Kier molecular flexibility index (Phi) is 7.27. The van der Waals surface area contributed by atoms with Gasteiger partial charge in [0.1, 0.15) is 10.6 Å². The SMILES string of the molecule is CC(C)N(Cc1ccc(OS(=O)(=O)c2cccc(C(F)(F)F)c2)cc1)C(=O)c1cccc2ccccc12. The van der Waals surface area contributed by atoms with Crippen molar-refractivity contribution in [2.24, 2.45) is 0 Å². The molecule has 0 radical (unpaired) electrons. The van der Waals surface area contributed by atoms with Crippen molar-refractivity contribution in [2.45, 2.75) is 37.5 Å². The maximum atomic E-state index is 13.5. The molecule has 0 bridgehead atoms. The molecule has 0 aliphatic heterocycles. The summed E-state index contributed by atoms with van der Waals surface area (Å²) in [5.74, 6) is -0.197. The summed E-state index contributed by atoms with van der Waals surface area (Å²) in [6.07, 6.45) is -4.68. The Morgan fingerprint density at radius 1 is 0.892 bits per heavy atom. The van der Waals surface area contributed by atoms with Crippen LogP contribution in [0.2, 0.25) is 0 Å². The number of rotatable bonds is 7. The highest BCUT2D eigenvalue weighted by Gasteiger charge is 2.32. The van der Waals surface area contributed by atoms with Crippen LogP contribution < -0.4 is 4.18 Å². The first-order valence-corrected chi connectivity index (χ1v) is 12.9. The van der Waals surface area contributed by atoms with Gasteiger partial charge in [-0.25, -0.2) is 0 Å². The largest absolute Gasteiger partial charge is 0.416 e. The van der Waals surface area contributed by atoms with E-state index in [2.05, 4.69) is 0 Å². The van der Waals surface area contributed by atoms with Gasteiger partial charge in [-0.05, 0) is 66.6 Å². The average Bonchev–Trinajstić information content (AvgIpc) is 2.86. The molecule has 4 aromatic rings. The number of fused-ring (bicyclic) bond motifs is 1. The van der Waals surface area contributed by atoms with Crippen LogP contribution in [0.15, 0.2) is 95.9 Å². The van der Waals surface area contributed by atoms with Crippen molar-refractivity contribution in [3.05, 3.63) is 108 Å². The van der Waals surface area contributed by atoms with Gasteiger partial charge in [0.2, 0.25) is 0 Å². The molecule has 4 rings (SSSR count). The van der Waals surface area contributed by atoms with Crippen molar-refractivity contribution < 1.29 is 30.6 Å². The lowest BCUT2D eigenvalue weighted by atomic mass is 10.0. The topological polar surface area (TPSA) is 63.7 Å². The molecule has 0 unspecified atom stereocenters. The molecular weight excluding hydrogens is 503 g/mol. The molecule has 0 saturated carbocycles. The Hall–Kier alpha value is -3.85. The van der Waals surface area contributed by atoms with E-state index < -0.39 is 26.8 Å². The normalized spacial score (nSPS) is 12.1. The Balaban J connectivity index is 1.52. The first kappa shape index (κ1) is 26.2. The van der Waals surface area contributed by atoms with E-state index in [0.29, 0.717) is 11.6 Å². The molecule has 0 atom stereocenters. The fourth-order valence-corrected chi connectivity index (χ4v) is 4.88. The molecule has 4 aromatic carbocycles. The van der Waals surface area contributed by atoms with Gasteiger partial charge in [0.05, 0.1) is 5.56 Å². The molecule has 37 heavy (non-hydrogen) atoms. The van der Waals surface area contributed by atoms with Crippen molar-refractivity contribution in [3.8, 4) is 5.75 Å². The zero-order chi connectivity index (χ0) is 26.8. The molecular formula is C28H24F3NO4S. The number of hydrogen-bond acceptors (Lipinski definition) is 4. The van der Waals surface area contributed by atoms with Crippen LogP contribution in [0, 0.1) is 0 Å². The van der Waals surface area contributed by atoms with Gasteiger partial charge in [0, 0.05) is 18.2 Å². The third kappa shape index (κ3) is 5.94. The minimum absolute atomic E-state index is 0.0577. The van der Waals surface area contributed by atoms with E-state index in [-0.39, 0.29) is 24.2 Å². The van der Waals surface area contributed by atoms with Crippen LogP contribution in [-0.2, 0) is 22.8 Å². The Morgan fingerprint density at radius 3 is 2.22 bits per heavy atom. The van der Waals surface area contributed by atoms with Crippen molar-refractivity contribution in [3.63, 3.8) is 0 Å². The fraction of sp³-hybridized carbons (Fsp3) is 0.179. The minimum Gasteiger partial charge on any atom is -0.379 e. The molecule has 0 spiro atoms. The van der Waals surface area contributed by atoms with Gasteiger partial charge in [-0.2, -0.15) is 21.6 Å². The summed E-state index contributed by atoms with van der Waals surface area (Å²) in [4.78, 5) is 14.6. The molecule has 5 nitrogen and oxygen atoms in total. The van der Waals surface area contributed by atoms with Crippen LogP contribution in [0.5, 0.6) is 5.75 Å². The molecule has 0 aliphatic carbocycles. The minimum atomic E-state index is -4.68. The smallest absolute Gasteiger partial charge is 0.379 e. The van der Waals surface area contributed by atoms with E-state index in [9.17, 15) is 26.4 Å². The van der Waals surface area contributed by atoms with E-state index in [4.69, 9.17) is 4.18 Å². The number of carbonyl (C=O) groups excluding carboxylic acids is 1. The third-order valence-corrected chi connectivity index (χ3v) is 7.08. The second-order valence-electron chi connectivity index (χ2n) is 8.76. The predicted molar refractivity (Wildman–Crippen MR) is 135 cm³/mol. The van der Waals surface area contributed by atoms with Gasteiger partial charge in [0.15, 0.2) is 0 Å². The van der Waals surface area contributed by atoms with Gasteiger partial charge >= 0.3 is 16.3 Å². The highest BCUT2D eigenvalue weighted by atomic mass is 32.2. The summed E-state index contributed by atoms with van der Waals surface area (Å²) < 4.78 is 69.0. The quantitative estimate of drug-likeness (QED) is 0.252. The Morgan fingerprint density at radius 2 is 1.54 bits per heavy atom. The van der Waals surface area contributed by atoms with Crippen LogP contribution in [-0.4, -0.2) is 25.3 Å². The summed E-state index contributed by atoms with van der Waals surface area (Å²) in [7, 11) is -4.48. The highest BCUT2D eigenvalue weighted by Crippen LogP contribution is 2.31. The maximum absolute atomic E-state index is 13.5. The molecule has 0 fully saturated rings. The van der Waals surface area contributed by atoms with Gasteiger partial charge in [-0.15, -0.1) is 0 Å². The Bertz CT molecular complexity index is 1530. The monoisotopic (exact) mass is 527 g/mol. The van der Waals surface area contributed by atoms with Crippen LogP contribution >= 0.6 is 0 Å². The molecule has 1 amide bonds. The molecule has 9 heteroatoms. The summed E-state index contributed by atoms with van der Waals surface area (Å²) in [5, 5.41) is 1.81. The standard InChI is InChI=1S/C28H24F3NO4S/c1-19(2)32(27(33)26-12-5-8-21-7-3-4-11-25(21)26)18-20-13-15-23(16-14-20)36-37(34,35)24-10-6-9-22(17-24)28(29,30)31/h3-17,19H,18H2,1-2H3. The van der Waals surface area contributed by atoms with Gasteiger partial charge in [-0.3, -0.25) is 4.79 Å². The molecule has 192 valence electrons. The predicted octanol–water partition coefficient (Wildman–Crippen LogP) is 6.68. The van der Waals surface area contributed by atoms with Crippen LogP contribution in [0.1, 0.15) is 35.3 Å². The van der Waals surface area contributed by atoms with Crippen molar-refractivity contribution in [2.75, 3.05) is 0 Å². The van der Waals surface area contributed by atoms with Crippen molar-refractivity contribution in [1.29, 1.82) is 0 Å². The van der Waals surface area contributed by atoms with Gasteiger partial charge < -0.3 is 9.08 Å². The highest BCUT2D eigenvalue weighted by molar-refractivity contribution is 7.87. The molecule has 0 heterocycles. The molecule has 0 aromatic heterocycles. The Labute approximate surface area is 213 Å². The summed E-state index contributed by atoms with van der Waals surface area (Å²) >= 11 is 0. The zero-order valence-electron chi connectivity index (χ0n) is 20.1. The van der Waals surface area contributed by atoms with Gasteiger partial charge in [-0.1, -0.05) is 54.6 Å². The second kappa shape index (κ2) is 10.3. The van der Waals surface area contributed by atoms with E-state index in [1.165, 1.54) is 12.1 Å². The maximum Gasteiger partial charge on any atom is 0.416 e. The number of alkyl halides is 3. The van der Waals surface area contributed by atoms with E-state index in [1.807, 2.05) is 50.2 Å². The molecule has 0 N–H and O–H groups in total. The van der Waals surface area contributed by atoms with E-state index in [0.717, 1.165) is 34.5 Å². The third-order valence-electron chi connectivity index (χ3n) is 5.84. The number of nitrogens with zero attached hydrogens (tertiary/aromatic N) is 1. The van der Waals surface area contributed by atoms with Crippen LogP contribution in [0.3, 0.4) is 0 Å². The number of benzene rings is 4. The number of carbonyl (C=O) groups is 1. The van der Waals surface area contributed by atoms with Crippen LogP contribution in [0.25, 0.3) is 10.8 Å².